The molecular formula is C24H25N3. The van der Waals surface area contributed by atoms with Crippen LogP contribution < -0.4 is 5.32 Å². The zero-order valence-electron chi connectivity index (χ0n) is 16.2. The summed E-state index contributed by atoms with van der Waals surface area (Å²) in [7, 11) is 0. The largest absolute Gasteiger partial charge is 0.364 e. The summed E-state index contributed by atoms with van der Waals surface area (Å²) < 4.78 is 2.38. The molecule has 0 amide bonds. The summed E-state index contributed by atoms with van der Waals surface area (Å²) in [5, 5.41) is 4.82. The molecule has 0 radical (unpaired) electrons. The van der Waals surface area contributed by atoms with Crippen LogP contribution in [0, 0.1) is 20.8 Å². The van der Waals surface area contributed by atoms with E-state index >= 15 is 0 Å². The molecule has 0 atom stereocenters. The molecule has 1 N–H and O–H groups in total. The number of hydrogen-bond donors (Lipinski definition) is 1. The zero-order valence-corrected chi connectivity index (χ0v) is 16.2. The van der Waals surface area contributed by atoms with Crippen LogP contribution in [0.3, 0.4) is 0 Å². The number of nitrogens with zero attached hydrogens (tertiary/aromatic N) is 2. The molecular weight excluding hydrogens is 330 g/mol. The monoisotopic (exact) mass is 355 g/mol. The number of pyridine rings is 1. The molecule has 0 fully saturated rings. The third-order valence-corrected chi connectivity index (χ3v) is 5.31. The highest BCUT2D eigenvalue weighted by Gasteiger charge is 2.15. The Bertz CT molecular complexity index is 1060. The number of benzene rings is 2. The van der Waals surface area contributed by atoms with Crippen LogP contribution in [-0.4, -0.2) is 9.55 Å². The predicted octanol–water partition coefficient (Wildman–Crippen LogP) is 5.62. The summed E-state index contributed by atoms with van der Waals surface area (Å²) in [5.41, 5.74) is 7.64. The van der Waals surface area contributed by atoms with Crippen LogP contribution in [0.15, 0.2) is 66.9 Å². The van der Waals surface area contributed by atoms with Crippen LogP contribution in [0.25, 0.3) is 10.9 Å². The van der Waals surface area contributed by atoms with E-state index in [-0.39, 0.29) is 0 Å². The van der Waals surface area contributed by atoms with Gasteiger partial charge in [0.15, 0.2) is 5.82 Å². The fraction of sp³-hybridized carbons (Fsp3) is 0.208. The van der Waals surface area contributed by atoms with Gasteiger partial charge in [0.05, 0.1) is 5.52 Å². The quantitative estimate of drug-likeness (QED) is 0.503. The van der Waals surface area contributed by atoms with Crippen LogP contribution in [0.1, 0.15) is 27.9 Å². The molecule has 0 aliphatic heterocycles. The van der Waals surface area contributed by atoms with E-state index in [4.69, 9.17) is 0 Å². The second-order valence-corrected chi connectivity index (χ2v) is 7.18. The van der Waals surface area contributed by atoms with Gasteiger partial charge in [-0.3, -0.25) is 0 Å². The molecule has 0 aliphatic rings. The number of fused-ring (bicyclic) bond motifs is 1. The maximum absolute atomic E-state index is 4.66. The standard InChI is InChI=1S/C24H25N3/c1-17-9-11-21(12-10-17)16-27-19(3)18(2)22-13-14-25-24(23(22)27)26-15-20-7-5-4-6-8-20/h4-14H,15-16H2,1-3H3,(H,25,26). The normalized spacial score (nSPS) is 11.1. The minimum absolute atomic E-state index is 0.765. The topological polar surface area (TPSA) is 29.9 Å². The Hall–Kier alpha value is -3.07. The molecule has 27 heavy (non-hydrogen) atoms. The maximum Gasteiger partial charge on any atom is 0.150 e. The van der Waals surface area contributed by atoms with Crippen molar-refractivity contribution in [2.24, 2.45) is 0 Å². The molecule has 2 aromatic heterocycles. The van der Waals surface area contributed by atoms with Crippen molar-refractivity contribution in [3.05, 3.63) is 94.8 Å². The first-order valence-electron chi connectivity index (χ1n) is 9.41. The van der Waals surface area contributed by atoms with Crippen LogP contribution >= 0.6 is 0 Å². The second kappa shape index (κ2) is 7.28. The number of hydrogen-bond acceptors (Lipinski definition) is 2. The van der Waals surface area contributed by atoms with Crippen LogP contribution in [-0.2, 0) is 13.1 Å². The third kappa shape index (κ3) is 3.45. The Morgan fingerprint density at radius 1 is 0.852 bits per heavy atom. The number of nitrogens with one attached hydrogen (secondary N) is 1. The number of aromatic nitrogens is 2. The molecule has 136 valence electrons. The van der Waals surface area contributed by atoms with E-state index in [2.05, 4.69) is 90.2 Å². The van der Waals surface area contributed by atoms with E-state index in [1.165, 1.54) is 38.9 Å². The van der Waals surface area contributed by atoms with Gasteiger partial charge in [-0.25, -0.2) is 4.98 Å². The molecule has 0 bridgehead atoms. The smallest absolute Gasteiger partial charge is 0.150 e. The first-order chi connectivity index (χ1) is 13.1. The Morgan fingerprint density at radius 3 is 2.33 bits per heavy atom. The molecule has 0 saturated carbocycles. The van der Waals surface area contributed by atoms with Crippen molar-refractivity contribution >= 4 is 16.7 Å². The van der Waals surface area contributed by atoms with Crippen molar-refractivity contribution in [2.75, 3.05) is 5.32 Å². The fourth-order valence-corrected chi connectivity index (χ4v) is 3.58. The van der Waals surface area contributed by atoms with Gasteiger partial charge in [-0.1, -0.05) is 60.2 Å². The van der Waals surface area contributed by atoms with Crippen molar-refractivity contribution in [2.45, 2.75) is 33.9 Å². The first-order valence-corrected chi connectivity index (χ1v) is 9.41. The average molecular weight is 355 g/mol. The molecule has 4 aromatic rings. The van der Waals surface area contributed by atoms with Crippen LogP contribution in [0.5, 0.6) is 0 Å². The van der Waals surface area contributed by atoms with Crippen LogP contribution in [0.4, 0.5) is 5.82 Å². The molecule has 0 saturated heterocycles. The molecule has 0 unspecified atom stereocenters. The Balaban J connectivity index is 1.73. The Kier molecular flexibility index (Phi) is 4.68. The minimum atomic E-state index is 0.765. The van der Waals surface area contributed by atoms with Gasteiger partial charge in [0.1, 0.15) is 0 Å². The first kappa shape index (κ1) is 17.3. The van der Waals surface area contributed by atoms with Crippen molar-refractivity contribution < 1.29 is 0 Å². The lowest BCUT2D eigenvalue weighted by molar-refractivity contribution is 0.799. The van der Waals surface area contributed by atoms with E-state index in [1.807, 2.05) is 12.3 Å². The van der Waals surface area contributed by atoms with Gasteiger partial charge in [-0.15, -0.1) is 0 Å². The molecule has 2 heterocycles. The van der Waals surface area contributed by atoms with Gasteiger partial charge in [0, 0.05) is 30.4 Å². The molecule has 3 nitrogen and oxygen atoms in total. The molecule has 0 aliphatic carbocycles. The van der Waals surface area contributed by atoms with Crippen LogP contribution in [0.2, 0.25) is 0 Å². The Morgan fingerprint density at radius 2 is 1.59 bits per heavy atom. The van der Waals surface area contributed by atoms with Gasteiger partial charge >= 0.3 is 0 Å². The van der Waals surface area contributed by atoms with E-state index in [9.17, 15) is 0 Å². The summed E-state index contributed by atoms with van der Waals surface area (Å²) in [6, 6.07) is 21.3. The van der Waals surface area contributed by atoms with Crippen molar-refractivity contribution in [3.8, 4) is 0 Å². The zero-order chi connectivity index (χ0) is 18.8. The number of rotatable bonds is 5. The Labute approximate surface area is 160 Å². The number of anilines is 1. The SMILES string of the molecule is Cc1ccc(Cn2c(C)c(C)c3ccnc(NCc4ccccc4)c32)cc1. The van der Waals surface area contributed by atoms with E-state index in [0.717, 1.165) is 18.9 Å². The summed E-state index contributed by atoms with van der Waals surface area (Å²) in [5.74, 6) is 0.944. The summed E-state index contributed by atoms with van der Waals surface area (Å²) in [6.45, 7) is 8.14. The summed E-state index contributed by atoms with van der Waals surface area (Å²) >= 11 is 0. The van der Waals surface area contributed by atoms with Crippen molar-refractivity contribution in [1.29, 1.82) is 0 Å². The van der Waals surface area contributed by atoms with Gasteiger partial charge in [-0.05, 0) is 43.5 Å². The molecule has 0 spiro atoms. The lowest BCUT2D eigenvalue weighted by Gasteiger charge is -2.13. The maximum atomic E-state index is 4.66. The average Bonchev–Trinajstić information content (AvgIpc) is 2.94. The lowest BCUT2D eigenvalue weighted by Crippen LogP contribution is -2.07. The van der Waals surface area contributed by atoms with Gasteiger partial charge in [0.25, 0.3) is 0 Å². The fourth-order valence-electron chi connectivity index (χ4n) is 3.58. The second-order valence-electron chi connectivity index (χ2n) is 7.18. The van der Waals surface area contributed by atoms with E-state index in [1.54, 1.807) is 0 Å². The van der Waals surface area contributed by atoms with E-state index in [0.29, 0.717) is 0 Å². The molecule has 3 heteroatoms. The van der Waals surface area contributed by atoms with Gasteiger partial charge < -0.3 is 9.88 Å². The van der Waals surface area contributed by atoms with Gasteiger partial charge in [0.2, 0.25) is 0 Å². The highest BCUT2D eigenvalue weighted by Crippen LogP contribution is 2.30. The van der Waals surface area contributed by atoms with Crippen molar-refractivity contribution in [3.63, 3.8) is 0 Å². The highest BCUT2D eigenvalue weighted by atomic mass is 15.1. The lowest BCUT2D eigenvalue weighted by atomic mass is 10.1. The minimum Gasteiger partial charge on any atom is -0.364 e. The summed E-state index contributed by atoms with van der Waals surface area (Å²) in [4.78, 5) is 4.66. The third-order valence-electron chi connectivity index (χ3n) is 5.31. The van der Waals surface area contributed by atoms with Crippen molar-refractivity contribution in [1.82, 2.24) is 9.55 Å². The predicted molar refractivity (Wildman–Crippen MR) is 113 cm³/mol. The molecule has 2 aromatic carbocycles. The highest BCUT2D eigenvalue weighted by molar-refractivity contribution is 5.93. The summed E-state index contributed by atoms with van der Waals surface area (Å²) in [6.07, 6.45) is 1.90. The van der Waals surface area contributed by atoms with E-state index < -0.39 is 0 Å². The molecule has 4 rings (SSSR count). The number of aryl methyl sites for hydroxylation is 2. The van der Waals surface area contributed by atoms with Gasteiger partial charge in [-0.2, -0.15) is 0 Å².